The fourth-order valence-corrected chi connectivity index (χ4v) is 2.19. The van der Waals surface area contributed by atoms with Gasteiger partial charge in [0, 0.05) is 6.04 Å². The Morgan fingerprint density at radius 2 is 1.79 bits per heavy atom. The van der Waals surface area contributed by atoms with Crippen molar-refractivity contribution in [3.8, 4) is 0 Å². The maximum atomic E-state index is 11.7. The lowest BCUT2D eigenvalue weighted by Crippen LogP contribution is -2.31. The van der Waals surface area contributed by atoms with Crippen LogP contribution in [0, 0.1) is 0 Å². The molecule has 0 saturated carbocycles. The highest BCUT2D eigenvalue weighted by Gasteiger charge is 2.28. The van der Waals surface area contributed by atoms with Gasteiger partial charge < -0.3 is 5.32 Å². The van der Waals surface area contributed by atoms with E-state index in [4.69, 9.17) is 0 Å². The molecule has 0 spiro atoms. The maximum absolute atomic E-state index is 11.7. The van der Waals surface area contributed by atoms with Crippen LogP contribution in [0.5, 0.6) is 0 Å². The fourth-order valence-electron chi connectivity index (χ4n) is 1.03. The van der Waals surface area contributed by atoms with E-state index in [-0.39, 0.29) is 0 Å². The highest BCUT2D eigenvalue weighted by molar-refractivity contribution is 7.92. The molecule has 0 fully saturated rings. The minimum absolute atomic E-state index is 0.294. The van der Waals surface area contributed by atoms with Crippen molar-refractivity contribution in [3.05, 3.63) is 0 Å². The number of nitrogens with one attached hydrogen (secondary N) is 1. The van der Waals surface area contributed by atoms with Crippen LogP contribution in [0.2, 0.25) is 0 Å². The molecule has 1 unspecified atom stereocenters. The van der Waals surface area contributed by atoms with Crippen molar-refractivity contribution in [2.75, 3.05) is 12.8 Å². The van der Waals surface area contributed by atoms with Crippen LogP contribution in [0.4, 0.5) is 0 Å². The highest BCUT2D eigenvalue weighted by Crippen LogP contribution is 2.17. The Hall–Kier alpha value is -0.0900. The SMILES string of the molecule is CNC(C)CCCS(=O)(=O)C(C)(C)C. The summed E-state index contributed by atoms with van der Waals surface area (Å²) in [4.78, 5) is 0. The Labute approximate surface area is 88.2 Å². The van der Waals surface area contributed by atoms with Crippen molar-refractivity contribution >= 4 is 9.84 Å². The monoisotopic (exact) mass is 221 g/mol. The molecular weight excluding hydrogens is 198 g/mol. The molecule has 0 radical (unpaired) electrons. The topological polar surface area (TPSA) is 46.2 Å². The molecule has 0 heterocycles. The van der Waals surface area contributed by atoms with Gasteiger partial charge in [0.1, 0.15) is 0 Å². The van der Waals surface area contributed by atoms with Gasteiger partial charge in [-0.2, -0.15) is 0 Å². The lowest BCUT2D eigenvalue weighted by atomic mass is 10.2. The van der Waals surface area contributed by atoms with Crippen LogP contribution in [-0.4, -0.2) is 32.0 Å². The Kier molecular flexibility index (Phi) is 5.09. The van der Waals surface area contributed by atoms with Crippen molar-refractivity contribution < 1.29 is 8.42 Å². The number of hydrogen-bond donors (Lipinski definition) is 1. The number of rotatable bonds is 5. The van der Waals surface area contributed by atoms with Gasteiger partial charge in [-0.05, 0) is 47.6 Å². The second-order valence-electron chi connectivity index (χ2n) is 4.76. The summed E-state index contributed by atoms with van der Waals surface area (Å²) in [7, 11) is -1.04. The van der Waals surface area contributed by atoms with Crippen LogP contribution in [0.1, 0.15) is 40.5 Å². The fraction of sp³-hybridized carbons (Fsp3) is 1.00. The summed E-state index contributed by atoms with van der Waals surface area (Å²) in [6.45, 7) is 7.32. The van der Waals surface area contributed by atoms with Crippen molar-refractivity contribution in [2.45, 2.75) is 51.3 Å². The van der Waals surface area contributed by atoms with Crippen LogP contribution >= 0.6 is 0 Å². The van der Waals surface area contributed by atoms with Gasteiger partial charge in [-0.3, -0.25) is 0 Å². The molecule has 0 aliphatic rings. The molecule has 1 atom stereocenters. The van der Waals surface area contributed by atoms with Crippen molar-refractivity contribution in [1.29, 1.82) is 0 Å². The molecule has 0 saturated heterocycles. The first-order valence-electron chi connectivity index (χ1n) is 5.10. The van der Waals surface area contributed by atoms with Gasteiger partial charge in [0.25, 0.3) is 0 Å². The summed E-state index contributed by atoms with van der Waals surface area (Å²) < 4.78 is 22.8. The molecule has 0 aromatic carbocycles. The average molecular weight is 221 g/mol. The Balaban J connectivity index is 4.03. The van der Waals surface area contributed by atoms with Crippen molar-refractivity contribution in [3.63, 3.8) is 0 Å². The predicted octanol–water partition coefficient (Wildman–Crippen LogP) is 1.59. The van der Waals surface area contributed by atoms with Gasteiger partial charge in [0.05, 0.1) is 10.5 Å². The van der Waals surface area contributed by atoms with E-state index in [1.54, 1.807) is 20.8 Å². The lowest BCUT2D eigenvalue weighted by molar-refractivity contribution is 0.535. The zero-order chi connectivity index (χ0) is 11.4. The first kappa shape index (κ1) is 13.9. The van der Waals surface area contributed by atoms with E-state index in [0.717, 1.165) is 12.8 Å². The number of hydrogen-bond acceptors (Lipinski definition) is 3. The zero-order valence-electron chi connectivity index (χ0n) is 9.92. The van der Waals surface area contributed by atoms with E-state index in [2.05, 4.69) is 12.2 Å². The molecule has 14 heavy (non-hydrogen) atoms. The molecular formula is C10H23NO2S. The molecule has 0 rings (SSSR count). The Morgan fingerprint density at radius 1 is 1.29 bits per heavy atom. The van der Waals surface area contributed by atoms with Gasteiger partial charge in [-0.15, -0.1) is 0 Å². The van der Waals surface area contributed by atoms with Crippen LogP contribution < -0.4 is 5.32 Å². The van der Waals surface area contributed by atoms with E-state index in [9.17, 15) is 8.42 Å². The summed E-state index contributed by atoms with van der Waals surface area (Å²) in [5, 5.41) is 3.10. The van der Waals surface area contributed by atoms with Gasteiger partial charge in [0.15, 0.2) is 9.84 Å². The smallest absolute Gasteiger partial charge is 0.155 e. The summed E-state index contributed by atoms with van der Waals surface area (Å²) in [5.41, 5.74) is 0. The molecule has 0 aromatic heterocycles. The van der Waals surface area contributed by atoms with E-state index in [1.807, 2.05) is 7.05 Å². The second-order valence-corrected chi connectivity index (χ2v) is 7.63. The van der Waals surface area contributed by atoms with Gasteiger partial charge in [-0.25, -0.2) is 8.42 Å². The Bertz CT molecular complexity index is 252. The minimum atomic E-state index is -2.93. The van der Waals surface area contributed by atoms with Crippen LogP contribution in [0.3, 0.4) is 0 Å². The first-order valence-corrected chi connectivity index (χ1v) is 6.75. The third-order valence-corrected chi connectivity index (χ3v) is 5.17. The molecule has 3 nitrogen and oxygen atoms in total. The van der Waals surface area contributed by atoms with Gasteiger partial charge in [0.2, 0.25) is 0 Å². The molecule has 0 bridgehead atoms. The van der Waals surface area contributed by atoms with Crippen molar-refractivity contribution in [1.82, 2.24) is 5.32 Å². The van der Waals surface area contributed by atoms with E-state index >= 15 is 0 Å². The van der Waals surface area contributed by atoms with Crippen LogP contribution in [0.15, 0.2) is 0 Å². The number of sulfone groups is 1. The largest absolute Gasteiger partial charge is 0.317 e. The maximum Gasteiger partial charge on any atom is 0.155 e. The molecule has 4 heteroatoms. The quantitative estimate of drug-likeness (QED) is 0.767. The minimum Gasteiger partial charge on any atom is -0.317 e. The van der Waals surface area contributed by atoms with E-state index < -0.39 is 14.6 Å². The third-order valence-electron chi connectivity index (χ3n) is 2.48. The molecule has 1 N–H and O–H groups in total. The second kappa shape index (κ2) is 5.12. The standard InChI is InChI=1S/C10H23NO2S/c1-9(11-5)7-6-8-14(12,13)10(2,3)4/h9,11H,6-8H2,1-5H3. The summed E-state index contributed by atoms with van der Waals surface area (Å²) in [6, 6.07) is 0.394. The third kappa shape index (κ3) is 4.42. The highest BCUT2D eigenvalue weighted by atomic mass is 32.2. The summed E-state index contributed by atoms with van der Waals surface area (Å²) >= 11 is 0. The van der Waals surface area contributed by atoms with Gasteiger partial charge in [-0.1, -0.05) is 0 Å². The van der Waals surface area contributed by atoms with Crippen molar-refractivity contribution in [2.24, 2.45) is 0 Å². The lowest BCUT2D eigenvalue weighted by Gasteiger charge is -2.19. The van der Waals surface area contributed by atoms with E-state index in [1.165, 1.54) is 0 Å². The summed E-state index contributed by atoms with van der Waals surface area (Å²) in [6.07, 6.45) is 1.65. The Morgan fingerprint density at radius 3 is 2.14 bits per heavy atom. The normalized spacial score (nSPS) is 15.5. The van der Waals surface area contributed by atoms with Crippen LogP contribution in [-0.2, 0) is 9.84 Å². The zero-order valence-corrected chi connectivity index (χ0v) is 10.7. The molecule has 0 amide bonds. The molecule has 0 aromatic rings. The average Bonchev–Trinajstić information content (AvgIpc) is 2.01. The van der Waals surface area contributed by atoms with Gasteiger partial charge >= 0.3 is 0 Å². The summed E-state index contributed by atoms with van der Waals surface area (Å²) in [5.74, 6) is 0.294. The molecule has 0 aliphatic heterocycles. The van der Waals surface area contributed by atoms with E-state index in [0.29, 0.717) is 11.8 Å². The molecule has 86 valence electrons. The van der Waals surface area contributed by atoms with Crippen LogP contribution in [0.25, 0.3) is 0 Å². The predicted molar refractivity (Wildman–Crippen MR) is 61.3 cm³/mol. The molecule has 0 aliphatic carbocycles. The first-order chi connectivity index (χ1) is 6.20.